The van der Waals surface area contributed by atoms with E-state index in [1.807, 2.05) is 56.3 Å². The van der Waals surface area contributed by atoms with Gasteiger partial charge in [-0.25, -0.2) is 0 Å². The average molecular weight is 494 g/mol. The molecule has 1 saturated heterocycles. The maximum absolute atomic E-state index is 12.8. The van der Waals surface area contributed by atoms with Crippen molar-refractivity contribution in [2.24, 2.45) is 0 Å². The van der Waals surface area contributed by atoms with Gasteiger partial charge in [-0.05, 0) is 68.5 Å². The Kier molecular flexibility index (Phi) is 7.88. The number of hydrogen-bond acceptors (Lipinski definition) is 5. The van der Waals surface area contributed by atoms with Crippen molar-refractivity contribution in [3.63, 3.8) is 0 Å². The van der Waals surface area contributed by atoms with E-state index >= 15 is 0 Å². The Morgan fingerprint density at radius 3 is 2.26 bits per heavy atom. The lowest BCUT2D eigenvalue weighted by Crippen LogP contribution is -2.48. The molecular weight excluding hydrogens is 462 g/mol. The molecular formula is C28H31NO5S. The molecule has 0 saturated carbocycles. The van der Waals surface area contributed by atoms with Crippen LogP contribution in [-0.4, -0.2) is 44.5 Å². The minimum Gasteiger partial charge on any atom is -0.484 e. The highest BCUT2D eigenvalue weighted by atomic mass is 32.2. The van der Waals surface area contributed by atoms with E-state index in [0.29, 0.717) is 25.1 Å². The van der Waals surface area contributed by atoms with E-state index in [2.05, 4.69) is 12.1 Å². The minimum absolute atomic E-state index is 0.0600. The van der Waals surface area contributed by atoms with Crippen LogP contribution in [0.15, 0.2) is 83.8 Å². The van der Waals surface area contributed by atoms with Gasteiger partial charge in [0.2, 0.25) is 0 Å². The first-order valence-electron chi connectivity index (χ1n) is 11.9. The molecule has 0 aliphatic carbocycles. The molecule has 35 heavy (non-hydrogen) atoms. The molecule has 6 nitrogen and oxygen atoms in total. The Morgan fingerprint density at radius 2 is 1.60 bits per heavy atom. The average Bonchev–Trinajstić information content (AvgIpc) is 2.84. The molecule has 1 heterocycles. The highest BCUT2D eigenvalue weighted by Gasteiger charge is 2.32. The first kappa shape index (κ1) is 24.9. The topological polar surface area (TPSA) is 72.9 Å². The molecule has 0 N–H and O–H groups in total. The second kappa shape index (κ2) is 11.1. The van der Waals surface area contributed by atoms with Crippen molar-refractivity contribution < 1.29 is 22.1 Å². The molecule has 1 aliphatic rings. The van der Waals surface area contributed by atoms with Crippen LogP contribution in [-0.2, 0) is 25.5 Å². The fourth-order valence-corrected chi connectivity index (χ4v) is 5.40. The molecule has 184 valence electrons. The molecule has 1 amide bonds. The Bertz CT molecular complexity index is 1220. The molecule has 0 spiro atoms. The quantitative estimate of drug-likeness (QED) is 0.424. The van der Waals surface area contributed by atoms with Gasteiger partial charge in [-0.15, -0.1) is 0 Å². The maximum Gasteiger partial charge on any atom is 0.297 e. The van der Waals surface area contributed by atoms with Gasteiger partial charge in [-0.1, -0.05) is 60.2 Å². The summed E-state index contributed by atoms with van der Waals surface area (Å²) in [6, 6.07) is 24.5. The molecule has 0 aromatic heterocycles. The SMILES string of the molecule is Cc1ccc(S(=O)(=O)O[C@H]2CCN(C(=O)COc3ccc(Cc4ccccc4)cc3)[C@@H](C)C2)cc1. The molecule has 1 aliphatic heterocycles. The zero-order valence-corrected chi connectivity index (χ0v) is 20.9. The fraction of sp³-hybridized carbons (Fsp3) is 0.321. The number of benzene rings is 3. The molecule has 3 aromatic carbocycles. The second-order valence-corrected chi connectivity index (χ2v) is 10.6. The van der Waals surface area contributed by atoms with E-state index in [9.17, 15) is 13.2 Å². The monoisotopic (exact) mass is 493 g/mol. The zero-order chi connectivity index (χ0) is 24.8. The lowest BCUT2D eigenvalue weighted by molar-refractivity contribution is -0.137. The third-order valence-corrected chi connectivity index (χ3v) is 7.63. The first-order valence-corrected chi connectivity index (χ1v) is 13.3. The van der Waals surface area contributed by atoms with Crippen LogP contribution in [0.1, 0.15) is 36.5 Å². The maximum atomic E-state index is 12.8. The van der Waals surface area contributed by atoms with E-state index in [1.54, 1.807) is 29.2 Å². The molecule has 0 unspecified atom stereocenters. The van der Waals surface area contributed by atoms with Gasteiger partial charge in [-0.3, -0.25) is 8.98 Å². The third kappa shape index (κ3) is 6.71. The normalized spacial score (nSPS) is 18.3. The third-order valence-electron chi connectivity index (χ3n) is 6.26. The second-order valence-electron chi connectivity index (χ2n) is 9.04. The van der Waals surface area contributed by atoms with Crippen molar-refractivity contribution in [1.82, 2.24) is 4.90 Å². The summed E-state index contributed by atoms with van der Waals surface area (Å²) in [5.41, 5.74) is 3.39. The molecule has 0 radical (unpaired) electrons. The van der Waals surface area contributed by atoms with Crippen LogP contribution in [0.4, 0.5) is 0 Å². The number of hydrogen-bond donors (Lipinski definition) is 0. The van der Waals surface area contributed by atoms with E-state index < -0.39 is 16.2 Å². The largest absolute Gasteiger partial charge is 0.484 e. The van der Waals surface area contributed by atoms with E-state index in [-0.39, 0.29) is 23.5 Å². The molecule has 3 aromatic rings. The van der Waals surface area contributed by atoms with Crippen molar-refractivity contribution in [1.29, 1.82) is 0 Å². The Balaban J connectivity index is 1.26. The standard InChI is InChI=1S/C28H31NO5S/c1-21-8-14-27(15-9-21)35(31,32)34-26-16-17-29(22(2)18-26)28(30)20-33-25-12-10-24(11-13-25)19-23-6-4-3-5-7-23/h3-15,22,26H,16-20H2,1-2H3/t22-,26-/m0/s1. The van der Waals surface area contributed by atoms with Crippen LogP contribution in [0.5, 0.6) is 5.75 Å². The van der Waals surface area contributed by atoms with Gasteiger partial charge >= 0.3 is 0 Å². The summed E-state index contributed by atoms with van der Waals surface area (Å²) in [4.78, 5) is 14.7. The number of piperidine rings is 1. The van der Waals surface area contributed by atoms with Gasteiger partial charge in [0.25, 0.3) is 16.0 Å². The van der Waals surface area contributed by atoms with Crippen molar-refractivity contribution in [3.8, 4) is 5.75 Å². The van der Waals surface area contributed by atoms with Gasteiger partial charge in [-0.2, -0.15) is 8.42 Å². The summed E-state index contributed by atoms with van der Waals surface area (Å²) in [5, 5.41) is 0. The summed E-state index contributed by atoms with van der Waals surface area (Å²) in [7, 11) is -3.84. The Morgan fingerprint density at radius 1 is 0.943 bits per heavy atom. The summed E-state index contributed by atoms with van der Waals surface area (Å²) < 4.78 is 36.4. The molecule has 7 heteroatoms. The Labute approximate surface area is 207 Å². The van der Waals surface area contributed by atoms with Crippen LogP contribution in [0.2, 0.25) is 0 Å². The van der Waals surface area contributed by atoms with Gasteiger partial charge in [0, 0.05) is 12.6 Å². The highest BCUT2D eigenvalue weighted by Crippen LogP contribution is 2.25. The smallest absolute Gasteiger partial charge is 0.297 e. The van der Waals surface area contributed by atoms with Crippen LogP contribution >= 0.6 is 0 Å². The number of carbonyl (C=O) groups excluding carboxylic acids is 1. The van der Waals surface area contributed by atoms with Gasteiger partial charge in [0.15, 0.2) is 6.61 Å². The van der Waals surface area contributed by atoms with Crippen LogP contribution in [0, 0.1) is 6.92 Å². The van der Waals surface area contributed by atoms with Crippen molar-refractivity contribution in [3.05, 3.63) is 95.6 Å². The molecule has 0 bridgehead atoms. The number of carbonyl (C=O) groups is 1. The first-order chi connectivity index (χ1) is 16.8. The predicted octanol–water partition coefficient (Wildman–Crippen LogP) is 4.75. The summed E-state index contributed by atoms with van der Waals surface area (Å²) >= 11 is 0. The molecule has 4 rings (SSSR count). The lowest BCUT2D eigenvalue weighted by Gasteiger charge is -2.37. The predicted molar refractivity (Wildman–Crippen MR) is 135 cm³/mol. The summed E-state index contributed by atoms with van der Waals surface area (Å²) in [5.74, 6) is 0.524. The highest BCUT2D eigenvalue weighted by molar-refractivity contribution is 7.86. The number of aryl methyl sites for hydroxylation is 1. The fourth-order valence-electron chi connectivity index (χ4n) is 4.29. The van der Waals surface area contributed by atoms with Crippen LogP contribution in [0.25, 0.3) is 0 Å². The summed E-state index contributed by atoms with van der Waals surface area (Å²) in [6.07, 6.45) is 1.28. The van der Waals surface area contributed by atoms with Crippen molar-refractivity contribution in [2.45, 2.75) is 50.2 Å². The lowest BCUT2D eigenvalue weighted by atomic mass is 10.0. The molecule has 2 atom stereocenters. The number of amides is 1. The van der Waals surface area contributed by atoms with Crippen LogP contribution < -0.4 is 4.74 Å². The van der Waals surface area contributed by atoms with Crippen molar-refractivity contribution >= 4 is 16.0 Å². The van der Waals surface area contributed by atoms with E-state index in [1.165, 1.54) is 11.1 Å². The van der Waals surface area contributed by atoms with Gasteiger partial charge in [0.1, 0.15) is 5.75 Å². The van der Waals surface area contributed by atoms with Gasteiger partial charge < -0.3 is 9.64 Å². The number of ether oxygens (including phenoxy) is 1. The Hall–Kier alpha value is -3.16. The number of rotatable bonds is 8. The van der Waals surface area contributed by atoms with E-state index in [0.717, 1.165) is 12.0 Å². The van der Waals surface area contributed by atoms with Gasteiger partial charge in [0.05, 0.1) is 11.0 Å². The molecule has 1 fully saturated rings. The van der Waals surface area contributed by atoms with E-state index in [4.69, 9.17) is 8.92 Å². The summed E-state index contributed by atoms with van der Waals surface area (Å²) in [6.45, 7) is 4.17. The minimum atomic E-state index is -3.84. The zero-order valence-electron chi connectivity index (χ0n) is 20.1. The number of nitrogens with zero attached hydrogens (tertiary/aromatic N) is 1. The van der Waals surface area contributed by atoms with Crippen molar-refractivity contribution in [2.75, 3.05) is 13.2 Å². The van der Waals surface area contributed by atoms with Crippen LogP contribution in [0.3, 0.4) is 0 Å². The number of likely N-dealkylation sites (tertiary alicyclic amines) is 1.